The van der Waals surface area contributed by atoms with E-state index in [0.29, 0.717) is 5.56 Å². The van der Waals surface area contributed by atoms with Crippen molar-refractivity contribution in [3.8, 4) is 0 Å². The van der Waals surface area contributed by atoms with Gasteiger partial charge in [-0.1, -0.05) is 17.7 Å². The van der Waals surface area contributed by atoms with E-state index < -0.39 is 36.4 Å². The van der Waals surface area contributed by atoms with Crippen molar-refractivity contribution in [3.05, 3.63) is 35.4 Å². The highest BCUT2D eigenvalue weighted by molar-refractivity contribution is 5.89. The van der Waals surface area contributed by atoms with Gasteiger partial charge in [-0.05, 0) is 19.1 Å². The Bertz CT molecular complexity index is 584. The van der Waals surface area contributed by atoms with E-state index >= 15 is 0 Å². The monoisotopic (exact) mass is 336 g/mol. The van der Waals surface area contributed by atoms with Gasteiger partial charge in [-0.3, -0.25) is 9.59 Å². The number of hydrogen-bond donors (Lipinski definition) is 0. The van der Waals surface area contributed by atoms with Crippen molar-refractivity contribution in [3.63, 3.8) is 0 Å². The van der Waals surface area contributed by atoms with Crippen LogP contribution >= 0.6 is 0 Å². The van der Waals surface area contributed by atoms with Gasteiger partial charge in [0, 0.05) is 20.3 Å². The van der Waals surface area contributed by atoms with Gasteiger partial charge in [0.15, 0.2) is 6.10 Å². The third-order valence-electron chi connectivity index (χ3n) is 3.41. The van der Waals surface area contributed by atoms with Gasteiger partial charge in [0.2, 0.25) is 6.29 Å². The fourth-order valence-corrected chi connectivity index (χ4v) is 2.34. The maximum atomic E-state index is 12.0. The lowest BCUT2D eigenvalue weighted by Gasteiger charge is -2.17. The number of ether oxygens (including phenoxy) is 4. The van der Waals surface area contributed by atoms with Crippen LogP contribution in [0.25, 0.3) is 0 Å². The molecule has 3 atom stereocenters. The topological polar surface area (TPSA) is 88.1 Å². The first kappa shape index (κ1) is 17.9. The quantitative estimate of drug-likeness (QED) is 0.598. The van der Waals surface area contributed by atoms with Gasteiger partial charge in [0.25, 0.3) is 0 Å². The van der Waals surface area contributed by atoms with E-state index in [0.717, 1.165) is 5.56 Å². The first-order valence-corrected chi connectivity index (χ1v) is 7.59. The van der Waals surface area contributed by atoms with Crippen molar-refractivity contribution in [1.82, 2.24) is 0 Å². The molecule has 1 fully saturated rings. The zero-order valence-corrected chi connectivity index (χ0v) is 13.8. The van der Waals surface area contributed by atoms with Crippen LogP contribution in [0.1, 0.15) is 36.2 Å². The van der Waals surface area contributed by atoms with Gasteiger partial charge in [0.1, 0.15) is 6.61 Å². The maximum Gasteiger partial charge on any atom is 0.338 e. The van der Waals surface area contributed by atoms with Crippen molar-refractivity contribution in [2.75, 3.05) is 6.61 Å². The summed E-state index contributed by atoms with van der Waals surface area (Å²) in [5.74, 6) is -1.52. The maximum absolute atomic E-state index is 12.0. The molecule has 1 aromatic carbocycles. The van der Waals surface area contributed by atoms with Crippen LogP contribution in [-0.2, 0) is 28.5 Å². The molecule has 0 bridgehead atoms. The smallest absolute Gasteiger partial charge is 0.338 e. The van der Waals surface area contributed by atoms with Crippen LogP contribution in [0.4, 0.5) is 0 Å². The zero-order valence-electron chi connectivity index (χ0n) is 13.8. The fourth-order valence-electron chi connectivity index (χ4n) is 2.34. The van der Waals surface area contributed by atoms with Crippen LogP contribution in [0.2, 0.25) is 0 Å². The third-order valence-corrected chi connectivity index (χ3v) is 3.41. The van der Waals surface area contributed by atoms with Crippen LogP contribution in [0, 0.1) is 6.92 Å². The van der Waals surface area contributed by atoms with E-state index in [1.165, 1.54) is 13.8 Å². The Balaban J connectivity index is 1.90. The first-order valence-electron chi connectivity index (χ1n) is 7.59. The first-order chi connectivity index (χ1) is 11.3. The van der Waals surface area contributed by atoms with Crippen LogP contribution in [0.5, 0.6) is 0 Å². The largest absolute Gasteiger partial charge is 0.459 e. The average molecular weight is 336 g/mol. The van der Waals surface area contributed by atoms with E-state index in [1.54, 1.807) is 12.1 Å². The standard InChI is InChI=1S/C17H20O7/c1-10-4-6-13(7-5-10)16(20)21-9-14-8-15(22-11(2)18)17(24-14)23-12(3)19/h4-7,14-15,17H,8-9H2,1-3H3/t14-,15?,17?/m0/s1. The minimum Gasteiger partial charge on any atom is -0.459 e. The number of aryl methyl sites for hydroxylation is 1. The fraction of sp³-hybridized carbons (Fsp3) is 0.471. The Morgan fingerprint density at radius 3 is 2.29 bits per heavy atom. The second-order valence-corrected chi connectivity index (χ2v) is 5.58. The summed E-state index contributed by atoms with van der Waals surface area (Å²) in [4.78, 5) is 34.2. The molecule has 7 nitrogen and oxygen atoms in total. The van der Waals surface area contributed by atoms with Crippen molar-refractivity contribution >= 4 is 17.9 Å². The van der Waals surface area contributed by atoms with E-state index in [2.05, 4.69) is 0 Å². The molecule has 0 spiro atoms. The SMILES string of the molecule is CC(=O)OC1C[C@@H](COC(=O)c2ccc(C)cc2)OC1OC(C)=O. The van der Waals surface area contributed by atoms with Gasteiger partial charge in [-0.25, -0.2) is 4.79 Å². The Morgan fingerprint density at radius 1 is 1.08 bits per heavy atom. The van der Waals surface area contributed by atoms with E-state index in [1.807, 2.05) is 19.1 Å². The summed E-state index contributed by atoms with van der Waals surface area (Å²) < 4.78 is 20.8. The summed E-state index contributed by atoms with van der Waals surface area (Å²) in [6.07, 6.45) is -1.95. The summed E-state index contributed by atoms with van der Waals surface area (Å²) >= 11 is 0. The molecule has 7 heteroatoms. The lowest BCUT2D eigenvalue weighted by atomic mass is 10.1. The summed E-state index contributed by atoms with van der Waals surface area (Å²) in [5, 5.41) is 0. The molecule has 0 N–H and O–H groups in total. The van der Waals surface area contributed by atoms with Crippen molar-refractivity contribution < 1.29 is 33.3 Å². The number of esters is 3. The van der Waals surface area contributed by atoms with Gasteiger partial charge in [-0.2, -0.15) is 0 Å². The predicted octanol–water partition coefficient (Wildman–Crippen LogP) is 1.76. The molecular weight excluding hydrogens is 316 g/mol. The van der Waals surface area contributed by atoms with Gasteiger partial charge < -0.3 is 18.9 Å². The highest BCUT2D eigenvalue weighted by atomic mass is 16.7. The van der Waals surface area contributed by atoms with Crippen LogP contribution in [0.15, 0.2) is 24.3 Å². The third kappa shape index (κ3) is 5.06. The van der Waals surface area contributed by atoms with Gasteiger partial charge in [-0.15, -0.1) is 0 Å². The summed E-state index contributed by atoms with van der Waals surface area (Å²) in [5.41, 5.74) is 1.48. The highest BCUT2D eigenvalue weighted by Crippen LogP contribution is 2.25. The Kier molecular flexibility index (Phi) is 5.92. The van der Waals surface area contributed by atoms with E-state index in [4.69, 9.17) is 18.9 Å². The molecule has 0 aromatic heterocycles. The van der Waals surface area contributed by atoms with E-state index in [9.17, 15) is 14.4 Å². The van der Waals surface area contributed by atoms with Crippen molar-refractivity contribution in [2.24, 2.45) is 0 Å². The number of benzene rings is 1. The molecule has 1 aliphatic heterocycles. The molecule has 1 heterocycles. The molecule has 2 rings (SSSR count). The normalized spacial score (nSPS) is 22.7. The average Bonchev–Trinajstić information content (AvgIpc) is 2.86. The number of rotatable bonds is 5. The Hall–Kier alpha value is -2.41. The number of carbonyl (C=O) groups is 3. The molecule has 1 aromatic rings. The Morgan fingerprint density at radius 2 is 1.71 bits per heavy atom. The van der Waals surface area contributed by atoms with Crippen molar-refractivity contribution in [2.45, 2.75) is 45.7 Å². The van der Waals surface area contributed by atoms with Crippen LogP contribution in [-0.4, -0.2) is 43.0 Å². The molecule has 2 unspecified atom stereocenters. The molecule has 0 aliphatic carbocycles. The lowest BCUT2D eigenvalue weighted by molar-refractivity contribution is -0.195. The van der Waals surface area contributed by atoms with E-state index in [-0.39, 0.29) is 13.0 Å². The molecular formula is C17H20O7. The molecule has 0 radical (unpaired) electrons. The summed E-state index contributed by atoms with van der Waals surface area (Å²) in [6, 6.07) is 6.99. The molecule has 130 valence electrons. The molecule has 1 aliphatic rings. The number of carbonyl (C=O) groups excluding carboxylic acids is 3. The minimum atomic E-state index is -0.991. The highest BCUT2D eigenvalue weighted by Gasteiger charge is 2.40. The zero-order chi connectivity index (χ0) is 17.7. The second kappa shape index (κ2) is 7.92. The number of hydrogen-bond acceptors (Lipinski definition) is 7. The predicted molar refractivity (Wildman–Crippen MR) is 82.1 cm³/mol. The minimum absolute atomic E-state index is 0.0256. The van der Waals surface area contributed by atoms with Crippen LogP contribution < -0.4 is 0 Å². The molecule has 24 heavy (non-hydrogen) atoms. The van der Waals surface area contributed by atoms with Gasteiger partial charge >= 0.3 is 17.9 Å². The summed E-state index contributed by atoms with van der Waals surface area (Å²) in [7, 11) is 0. The second-order valence-electron chi connectivity index (χ2n) is 5.58. The summed E-state index contributed by atoms with van der Waals surface area (Å²) in [6.45, 7) is 4.39. The molecule has 0 amide bonds. The Labute approximate surface area is 139 Å². The molecule has 1 saturated heterocycles. The lowest BCUT2D eigenvalue weighted by Crippen LogP contribution is -2.30. The van der Waals surface area contributed by atoms with Crippen LogP contribution in [0.3, 0.4) is 0 Å². The van der Waals surface area contributed by atoms with Crippen molar-refractivity contribution in [1.29, 1.82) is 0 Å². The van der Waals surface area contributed by atoms with Gasteiger partial charge in [0.05, 0.1) is 11.7 Å². The molecule has 0 saturated carbocycles.